The van der Waals surface area contributed by atoms with E-state index in [0.717, 1.165) is 17.7 Å². The van der Waals surface area contributed by atoms with Crippen molar-refractivity contribution in [2.45, 2.75) is 19.4 Å². The highest BCUT2D eigenvalue weighted by molar-refractivity contribution is 5.97. The van der Waals surface area contributed by atoms with Gasteiger partial charge in [0.25, 0.3) is 5.91 Å². The lowest BCUT2D eigenvalue weighted by atomic mass is 10.1. The molecule has 0 radical (unpaired) electrons. The molecule has 1 heterocycles. The van der Waals surface area contributed by atoms with Crippen LogP contribution in [0, 0.1) is 10.1 Å². The van der Waals surface area contributed by atoms with Crippen LogP contribution in [-0.4, -0.2) is 36.1 Å². The maximum atomic E-state index is 12.5. The zero-order valence-electron chi connectivity index (χ0n) is 14.7. The summed E-state index contributed by atoms with van der Waals surface area (Å²) < 4.78 is 10.1. The average Bonchev–Trinajstić information content (AvgIpc) is 3.00. The number of fused-ring (bicyclic) bond motifs is 1. The number of ether oxygens (including phenoxy) is 2. The second kappa shape index (κ2) is 7.86. The highest BCUT2D eigenvalue weighted by atomic mass is 16.6. The molecule has 1 amide bonds. The van der Waals surface area contributed by atoms with Gasteiger partial charge in [0, 0.05) is 17.8 Å². The van der Waals surface area contributed by atoms with Gasteiger partial charge in [-0.2, -0.15) is 0 Å². The highest BCUT2D eigenvalue weighted by Crippen LogP contribution is 2.31. The van der Waals surface area contributed by atoms with Crippen molar-refractivity contribution in [1.82, 2.24) is 0 Å². The molecule has 2 aromatic rings. The van der Waals surface area contributed by atoms with Crippen LogP contribution in [0.15, 0.2) is 48.5 Å². The van der Waals surface area contributed by atoms with Gasteiger partial charge in [-0.05, 0) is 31.0 Å². The van der Waals surface area contributed by atoms with Crippen LogP contribution in [0.1, 0.15) is 12.5 Å². The zero-order valence-corrected chi connectivity index (χ0v) is 14.7. The average molecular weight is 370 g/mol. The fraction of sp³-hybridized carbons (Fsp3) is 0.263. The van der Waals surface area contributed by atoms with Crippen LogP contribution >= 0.6 is 0 Å². The predicted molar refractivity (Wildman–Crippen MR) is 96.6 cm³/mol. The number of carbonyl (C=O) groups is 2. The lowest BCUT2D eigenvalue weighted by molar-refractivity contribution is -0.385. The minimum absolute atomic E-state index is 0.0168. The maximum Gasteiger partial charge on any atom is 0.344 e. The van der Waals surface area contributed by atoms with E-state index in [-0.39, 0.29) is 23.4 Å². The monoisotopic (exact) mass is 370 g/mol. The lowest BCUT2D eigenvalue weighted by Gasteiger charge is -2.22. The summed E-state index contributed by atoms with van der Waals surface area (Å²) >= 11 is 0. The Balaban J connectivity index is 1.54. The molecule has 8 nitrogen and oxygen atoms in total. The quantitative estimate of drug-likeness (QED) is 0.440. The molecule has 1 aliphatic heterocycles. The second-order valence-corrected chi connectivity index (χ2v) is 6.12. The van der Waals surface area contributed by atoms with Crippen LogP contribution in [0.4, 0.5) is 11.4 Å². The van der Waals surface area contributed by atoms with E-state index < -0.39 is 24.1 Å². The van der Waals surface area contributed by atoms with Gasteiger partial charge in [-0.15, -0.1) is 0 Å². The molecule has 0 saturated heterocycles. The summed E-state index contributed by atoms with van der Waals surface area (Å²) in [5.41, 5.74) is 1.65. The number of para-hydroxylation sites is 3. The van der Waals surface area contributed by atoms with Crippen molar-refractivity contribution in [2.24, 2.45) is 0 Å². The Hall–Kier alpha value is -3.42. The first-order valence-corrected chi connectivity index (χ1v) is 8.39. The summed E-state index contributed by atoms with van der Waals surface area (Å²) in [6.45, 7) is 0.986. The molecule has 1 atom stereocenters. The number of nitro benzene ring substituents is 1. The molecule has 0 fully saturated rings. The Morgan fingerprint density at radius 3 is 2.63 bits per heavy atom. The first-order valence-electron chi connectivity index (χ1n) is 8.39. The summed E-state index contributed by atoms with van der Waals surface area (Å²) in [6.07, 6.45) is 0.747. The maximum absolute atomic E-state index is 12.5. The van der Waals surface area contributed by atoms with Gasteiger partial charge in [0.1, 0.15) is 0 Å². The fourth-order valence-electron chi connectivity index (χ4n) is 3.07. The number of benzene rings is 2. The van der Waals surface area contributed by atoms with E-state index in [9.17, 15) is 19.7 Å². The molecule has 0 bridgehead atoms. The van der Waals surface area contributed by atoms with Crippen molar-refractivity contribution in [3.63, 3.8) is 0 Å². The van der Waals surface area contributed by atoms with Gasteiger partial charge in [-0.1, -0.05) is 30.3 Å². The molecule has 0 spiro atoms. The van der Waals surface area contributed by atoms with Gasteiger partial charge < -0.3 is 14.4 Å². The highest BCUT2D eigenvalue weighted by Gasteiger charge is 2.31. The van der Waals surface area contributed by atoms with Gasteiger partial charge in [0.2, 0.25) is 0 Å². The van der Waals surface area contributed by atoms with Crippen molar-refractivity contribution in [3.05, 3.63) is 64.2 Å². The summed E-state index contributed by atoms with van der Waals surface area (Å²) in [4.78, 5) is 36.3. The van der Waals surface area contributed by atoms with Crippen molar-refractivity contribution < 1.29 is 24.0 Å². The number of carbonyl (C=O) groups excluding carboxylic acids is 2. The smallest absolute Gasteiger partial charge is 0.344 e. The van der Waals surface area contributed by atoms with Crippen LogP contribution in [0.2, 0.25) is 0 Å². The van der Waals surface area contributed by atoms with Gasteiger partial charge in [-0.3, -0.25) is 14.9 Å². The third-order valence-corrected chi connectivity index (χ3v) is 4.24. The first-order chi connectivity index (χ1) is 13.0. The van der Waals surface area contributed by atoms with Crippen molar-refractivity contribution in [2.75, 3.05) is 18.1 Å². The van der Waals surface area contributed by atoms with Crippen LogP contribution in [-0.2, 0) is 20.7 Å². The first kappa shape index (κ1) is 18.4. The fourth-order valence-corrected chi connectivity index (χ4v) is 3.07. The molecule has 0 N–H and O–H groups in total. The van der Waals surface area contributed by atoms with E-state index in [1.54, 1.807) is 11.0 Å². The van der Waals surface area contributed by atoms with Crippen LogP contribution in [0.3, 0.4) is 0 Å². The van der Waals surface area contributed by atoms with E-state index >= 15 is 0 Å². The van der Waals surface area contributed by atoms with Crippen molar-refractivity contribution in [3.8, 4) is 5.75 Å². The van der Waals surface area contributed by atoms with Crippen LogP contribution < -0.4 is 9.64 Å². The number of nitro groups is 1. The Kier molecular flexibility index (Phi) is 5.35. The number of nitrogens with zero attached hydrogens (tertiary/aromatic N) is 2. The number of hydrogen-bond donors (Lipinski definition) is 0. The minimum atomic E-state index is -0.776. The molecule has 27 heavy (non-hydrogen) atoms. The standard InChI is InChI=1S/C19H18N2O6/c1-13-10-14-6-2-3-7-15(14)20(13)18(22)11-27-19(23)12-26-17-9-5-4-8-16(17)21(24)25/h2-9,13H,10-12H2,1H3/t13-/m1/s1. The molecule has 8 heteroatoms. The second-order valence-electron chi connectivity index (χ2n) is 6.12. The number of rotatable bonds is 6. The predicted octanol–water partition coefficient (Wildman–Crippen LogP) is 2.49. The lowest BCUT2D eigenvalue weighted by Crippen LogP contribution is -2.39. The summed E-state index contributed by atoms with van der Waals surface area (Å²) in [6, 6.07) is 13.3. The van der Waals surface area contributed by atoms with Gasteiger partial charge in [-0.25, -0.2) is 4.79 Å². The summed E-state index contributed by atoms with van der Waals surface area (Å²) in [5, 5.41) is 10.9. The van der Waals surface area contributed by atoms with E-state index in [1.165, 1.54) is 18.2 Å². The zero-order chi connectivity index (χ0) is 19.4. The van der Waals surface area contributed by atoms with Gasteiger partial charge in [0.05, 0.1) is 4.92 Å². The molecule has 0 aromatic heterocycles. The molecular weight excluding hydrogens is 352 g/mol. The van der Waals surface area contributed by atoms with Gasteiger partial charge in [0.15, 0.2) is 19.0 Å². The number of anilines is 1. The number of amides is 1. The Labute approximate surface area is 155 Å². The Morgan fingerprint density at radius 2 is 1.85 bits per heavy atom. The van der Waals surface area contributed by atoms with Crippen LogP contribution in [0.25, 0.3) is 0 Å². The van der Waals surface area contributed by atoms with Crippen LogP contribution in [0.5, 0.6) is 5.75 Å². The van der Waals surface area contributed by atoms with E-state index in [0.29, 0.717) is 0 Å². The van der Waals surface area contributed by atoms with Crippen molar-refractivity contribution >= 4 is 23.3 Å². The van der Waals surface area contributed by atoms with E-state index in [2.05, 4.69) is 0 Å². The van der Waals surface area contributed by atoms with E-state index in [4.69, 9.17) is 9.47 Å². The van der Waals surface area contributed by atoms with Crippen molar-refractivity contribution in [1.29, 1.82) is 0 Å². The molecule has 3 rings (SSSR count). The number of esters is 1. The summed E-state index contributed by atoms with van der Waals surface area (Å²) in [5.74, 6) is -1.14. The SMILES string of the molecule is C[C@@H]1Cc2ccccc2N1C(=O)COC(=O)COc1ccccc1[N+](=O)[O-]. The molecule has 0 aliphatic carbocycles. The number of hydrogen-bond acceptors (Lipinski definition) is 6. The molecule has 0 saturated carbocycles. The minimum Gasteiger partial charge on any atom is -0.475 e. The molecule has 0 unspecified atom stereocenters. The molecule has 1 aliphatic rings. The van der Waals surface area contributed by atoms with E-state index in [1.807, 2.05) is 31.2 Å². The Morgan fingerprint density at radius 1 is 1.15 bits per heavy atom. The molecule has 2 aromatic carbocycles. The topological polar surface area (TPSA) is 99.0 Å². The molecular formula is C19H18N2O6. The largest absolute Gasteiger partial charge is 0.475 e. The third-order valence-electron chi connectivity index (χ3n) is 4.24. The normalized spacial score (nSPS) is 15.1. The molecule has 140 valence electrons. The summed E-state index contributed by atoms with van der Waals surface area (Å²) in [7, 11) is 0. The van der Waals surface area contributed by atoms with Gasteiger partial charge >= 0.3 is 11.7 Å². The Bertz CT molecular complexity index is 882. The third kappa shape index (κ3) is 4.05.